The first-order chi connectivity index (χ1) is 13.4. The van der Waals surface area contributed by atoms with Crippen LogP contribution in [0.4, 0.5) is 5.69 Å². The van der Waals surface area contributed by atoms with Gasteiger partial charge in [0.1, 0.15) is 5.75 Å². The van der Waals surface area contributed by atoms with E-state index in [1.54, 1.807) is 44.4 Å². The van der Waals surface area contributed by atoms with Crippen LogP contribution in [0.1, 0.15) is 16.7 Å². The average molecular weight is 416 g/mol. The van der Waals surface area contributed by atoms with Gasteiger partial charge >= 0.3 is 0 Å². The van der Waals surface area contributed by atoms with Crippen LogP contribution in [0.3, 0.4) is 0 Å². The lowest BCUT2D eigenvalue weighted by Gasteiger charge is -2.16. The Bertz CT molecular complexity index is 985. The fourth-order valence-corrected chi connectivity index (χ4v) is 4.15. The van der Waals surface area contributed by atoms with E-state index in [4.69, 9.17) is 26.4 Å². The highest BCUT2D eigenvalue weighted by molar-refractivity contribution is 8.27. The number of carbonyl (C=O) groups is 1. The van der Waals surface area contributed by atoms with E-state index in [2.05, 4.69) is 0 Å². The molecular weight excluding hydrogens is 394 g/mol. The van der Waals surface area contributed by atoms with Gasteiger partial charge in [-0.05, 0) is 49.2 Å². The number of rotatable bonds is 5. The van der Waals surface area contributed by atoms with Crippen LogP contribution >= 0.6 is 24.0 Å². The first kappa shape index (κ1) is 20.2. The highest BCUT2D eigenvalue weighted by Crippen LogP contribution is 2.40. The topological polar surface area (TPSA) is 48.0 Å². The largest absolute Gasteiger partial charge is 0.496 e. The second kappa shape index (κ2) is 8.24. The van der Waals surface area contributed by atoms with Crippen LogP contribution in [0.5, 0.6) is 17.2 Å². The quantitative estimate of drug-likeness (QED) is 0.520. The number of nitrogens with zero attached hydrogens (tertiary/aromatic N) is 1. The van der Waals surface area contributed by atoms with E-state index in [0.29, 0.717) is 32.0 Å². The zero-order valence-electron chi connectivity index (χ0n) is 16.4. The Labute approximate surface area is 174 Å². The number of hydrogen-bond acceptors (Lipinski definition) is 6. The van der Waals surface area contributed by atoms with Gasteiger partial charge < -0.3 is 14.2 Å². The smallest absolute Gasteiger partial charge is 0.270 e. The van der Waals surface area contributed by atoms with Gasteiger partial charge in [0.2, 0.25) is 0 Å². The molecule has 1 heterocycles. The fourth-order valence-electron chi connectivity index (χ4n) is 2.86. The molecule has 0 N–H and O–H groups in total. The molecule has 7 heteroatoms. The third-order valence-corrected chi connectivity index (χ3v) is 5.87. The molecule has 2 aromatic carbocycles. The zero-order chi connectivity index (χ0) is 20.4. The summed E-state index contributed by atoms with van der Waals surface area (Å²) in [6.45, 7) is 4.05. The van der Waals surface area contributed by atoms with Crippen LogP contribution in [0.25, 0.3) is 6.08 Å². The summed E-state index contributed by atoms with van der Waals surface area (Å²) >= 11 is 6.74. The number of benzene rings is 2. The molecule has 1 aliphatic heterocycles. The third kappa shape index (κ3) is 3.72. The number of thioether (sulfide) groups is 1. The van der Waals surface area contributed by atoms with Crippen molar-refractivity contribution in [2.24, 2.45) is 0 Å². The van der Waals surface area contributed by atoms with Crippen molar-refractivity contribution in [1.29, 1.82) is 0 Å². The molecule has 0 saturated carbocycles. The van der Waals surface area contributed by atoms with E-state index in [0.717, 1.165) is 11.3 Å². The number of aryl methyl sites for hydroxylation is 2. The maximum atomic E-state index is 13.0. The number of methoxy groups -OCH3 is 3. The van der Waals surface area contributed by atoms with Crippen molar-refractivity contribution in [3.8, 4) is 17.2 Å². The lowest BCUT2D eigenvalue weighted by atomic mass is 10.1. The van der Waals surface area contributed by atoms with Crippen LogP contribution in [0.2, 0.25) is 0 Å². The molecule has 28 heavy (non-hydrogen) atoms. The van der Waals surface area contributed by atoms with Crippen LogP contribution < -0.4 is 19.1 Å². The van der Waals surface area contributed by atoms with Crippen molar-refractivity contribution in [1.82, 2.24) is 0 Å². The number of hydrogen-bond donors (Lipinski definition) is 0. The number of carbonyl (C=O) groups excluding carboxylic acids is 1. The summed E-state index contributed by atoms with van der Waals surface area (Å²) in [6, 6.07) is 9.38. The summed E-state index contributed by atoms with van der Waals surface area (Å²) in [6.07, 6.45) is 1.77. The Morgan fingerprint density at radius 3 is 2.18 bits per heavy atom. The number of thiocarbonyl (C=S) groups is 1. The van der Waals surface area contributed by atoms with Crippen molar-refractivity contribution in [3.05, 3.63) is 51.9 Å². The Morgan fingerprint density at radius 1 is 0.929 bits per heavy atom. The average Bonchev–Trinajstić information content (AvgIpc) is 2.96. The van der Waals surface area contributed by atoms with Gasteiger partial charge in [0.25, 0.3) is 5.91 Å². The van der Waals surface area contributed by atoms with Crippen molar-refractivity contribution < 1.29 is 19.0 Å². The van der Waals surface area contributed by atoms with Crippen LogP contribution in [0, 0.1) is 13.8 Å². The van der Waals surface area contributed by atoms with Gasteiger partial charge in [-0.3, -0.25) is 9.69 Å². The molecule has 0 aliphatic carbocycles. The van der Waals surface area contributed by atoms with E-state index >= 15 is 0 Å². The second-order valence-electron chi connectivity index (χ2n) is 6.23. The minimum atomic E-state index is -0.157. The molecule has 0 aromatic heterocycles. The summed E-state index contributed by atoms with van der Waals surface area (Å²) in [7, 11) is 4.69. The molecule has 5 nitrogen and oxygen atoms in total. The lowest BCUT2D eigenvalue weighted by Crippen LogP contribution is -2.27. The molecule has 0 atom stereocenters. The monoisotopic (exact) mass is 415 g/mol. The van der Waals surface area contributed by atoms with Gasteiger partial charge in [-0.25, -0.2) is 0 Å². The van der Waals surface area contributed by atoms with Crippen LogP contribution in [-0.4, -0.2) is 31.6 Å². The molecule has 1 fully saturated rings. The van der Waals surface area contributed by atoms with Crippen molar-refractivity contribution in [2.75, 3.05) is 26.2 Å². The molecule has 1 aliphatic rings. The van der Waals surface area contributed by atoms with Crippen molar-refractivity contribution in [2.45, 2.75) is 13.8 Å². The van der Waals surface area contributed by atoms with Crippen LogP contribution in [0.15, 0.2) is 35.2 Å². The zero-order valence-corrected chi connectivity index (χ0v) is 18.0. The minimum absolute atomic E-state index is 0.157. The predicted molar refractivity (Wildman–Crippen MR) is 118 cm³/mol. The first-order valence-electron chi connectivity index (χ1n) is 8.54. The second-order valence-corrected chi connectivity index (χ2v) is 7.91. The van der Waals surface area contributed by atoms with Crippen LogP contribution in [-0.2, 0) is 4.79 Å². The van der Waals surface area contributed by atoms with E-state index < -0.39 is 0 Å². The molecule has 3 rings (SSSR count). The van der Waals surface area contributed by atoms with Gasteiger partial charge in [-0.15, -0.1) is 0 Å². The number of anilines is 1. The fraction of sp³-hybridized carbons (Fsp3) is 0.238. The van der Waals surface area contributed by atoms with E-state index in [1.165, 1.54) is 17.3 Å². The van der Waals surface area contributed by atoms with Crippen molar-refractivity contribution in [3.63, 3.8) is 0 Å². The molecule has 1 amide bonds. The van der Waals surface area contributed by atoms with Gasteiger partial charge in [-0.2, -0.15) is 0 Å². The summed E-state index contributed by atoms with van der Waals surface area (Å²) in [4.78, 5) is 15.1. The Hall–Kier alpha value is -2.51. The van der Waals surface area contributed by atoms with E-state index in [1.807, 2.05) is 32.0 Å². The lowest BCUT2D eigenvalue weighted by molar-refractivity contribution is -0.113. The SMILES string of the molecule is COc1cc(OC)c(OC)cc1/C=C1\SC(=S)N(c2ccc(C)c(C)c2)C1=O. The summed E-state index contributed by atoms with van der Waals surface area (Å²) in [5.41, 5.74) is 3.76. The first-order valence-corrected chi connectivity index (χ1v) is 9.77. The normalized spacial score (nSPS) is 15.3. The number of amides is 1. The number of ether oxygens (including phenoxy) is 3. The third-order valence-electron chi connectivity index (χ3n) is 4.56. The van der Waals surface area contributed by atoms with Gasteiger partial charge in [0.05, 0.1) is 31.9 Å². The molecule has 0 unspecified atom stereocenters. The highest BCUT2D eigenvalue weighted by Gasteiger charge is 2.33. The minimum Gasteiger partial charge on any atom is -0.496 e. The predicted octanol–water partition coefficient (Wildman–Crippen LogP) is 4.74. The molecular formula is C21H21NO4S2. The highest BCUT2D eigenvalue weighted by atomic mass is 32.2. The molecule has 0 radical (unpaired) electrons. The Morgan fingerprint density at radius 2 is 1.57 bits per heavy atom. The maximum Gasteiger partial charge on any atom is 0.270 e. The van der Waals surface area contributed by atoms with Gasteiger partial charge in [-0.1, -0.05) is 30.0 Å². The van der Waals surface area contributed by atoms with Crippen molar-refractivity contribution >= 4 is 46.0 Å². The van der Waals surface area contributed by atoms with Gasteiger partial charge in [0, 0.05) is 11.6 Å². The van der Waals surface area contributed by atoms with E-state index in [-0.39, 0.29) is 5.91 Å². The summed E-state index contributed by atoms with van der Waals surface area (Å²) in [5, 5.41) is 0. The molecule has 1 saturated heterocycles. The van der Waals surface area contributed by atoms with Gasteiger partial charge in [0.15, 0.2) is 15.8 Å². The summed E-state index contributed by atoms with van der Waals surface area (Å²) < 4.78 is 16.6. The molecule has 146 valence electrons. The van der Waals surface area contributed by atoms with E-state index in [9.17, 15) is 4.79 Å². The molecule has 0 bridgehead atoms. The molecule has 2 aromatic rings. The standard InChI is InChI=1S/C21H21NO4S2/c1-12-6-7-15(8-13(12)2)22-20(23)19(28-21(22)27)10-14-9-17(25-4)18(26-5)11-16(14)24-3/h6-11H,1-5H3/b19-10-. The maximum absolute atomic E-state index is 13.0. The Kier molecular flexibility index (Phi) is 5.96. The molecule has 0 spiro atoms. The Balaban J connectivity index is 2.01. The summed E-state index contributed by atoms with van der Waals surface area (Å²) in [5.74, 6) is 1.53.